The molecule has 3 N–H and O–H groups in total. The van der Waals surface area contributed by atoms with Crippen LogP contribution in [0.5, 0.6) is 0 Å². The summed E-state index contributed by atoms with van der Waals surface area (Å²) in [4.78, 5) is 0.106. The molecule has 20 heavy (non-hydrogen) atoms. The van der Waals surface area contributed by atoms with Crippen molar-refractivity contribution in [3.05, 3.63) is 35.9 Å². The highest BCUT2D eigenvalue weighted by atomic mass is 32.2. The molecule has 1 unspecified atom stereocenters. The number of nitrogens with two attached hydrogens (primary N) is 1. The SMILES string of the molecule is Cc1cccc(N)c1S(=O)(=O)NC(C)c1nncn1C. The molecule has 0 aliphatic rings. The molecule has 8 heteroatoms. The van der Waals surface area contributed by atoms with Gasteiger partial charge in [0.2, 0.25) is 10.0 Å². The van der Waals surface area contributed by atoms with E-state index in [4.69, 9.17) is 5.73 Å². The van der Waals surface area contributed by atoms with Crippen LogP contribution in [0.4, 0.5) is 5.69 Å². The van der Waals surface area contributed by atoms with Gasteiger partial charge in [-0.3, -0.25) is 0 Å². The number of nitrogens with zero attached hydrogens (tertiary/aromatic N) is 3. The Kier molecular flexibility index (Phi) is 3.78. The minimum Gasteiger partial charge on any atom is -0.398 e. The average Bonchev–Trinajstić information content (AvgIpc) is 2.74. The smallest absolute Gasteiger partial charge is 0.243 e. The van der Waals surface area contributed by atoms with E-state index >= 15 is 0 Å². The first-order valence-corrected chi connectivity index (χ1v) is 7.52. The van der Waals surface area contributed by atoms with Crippen LogP contribution in [-0.2, 0) is 17.1 Å². The van der Waals surface area contributed by atoms with Crippen LogP contribution >= 0.6 is 0 Å². The second-order valence-corrected chi connectivity index (χ2v) is 6.29. The molecule has 0 amide bonds. The molecular formula is C12H17N5O2S. The van der Waals surface area contributed by atoms with Crippen molar-refractivity contribution in [2.24, 2.45) is 7.05 Å². The Bertz CT molecular complexity index is 703. The normalized spacial score (nSPS) is 13.3. The van der Waals surface area contributed by atoms with Crippen LogP contribution in [-0.4, -0.2) is 23.2 Å². The lowest BCUT2D eigenvalue weighted by atomic mass is 10.2. The number of nitrogens with one attached hydrogen (secondary N) is 1. The standard InChI is InChI=1S/C12H17N5O2S/c1-8-5-4-6-10(13)11(8)20(18,19)16-9(2)12-15-14-7-17(12)3/h4-7,9,16H,13H2,1-3H3. The summed E-state index contributed by atoms with van der Waals surface area (Å²) in [5.74, 6) is 0.528. The summed E-state index contributed by atoms with van der Waals surface area (Å²) in [5.41, 5.74) is 6.60. The Morgan fingerprint density at radius 3 is 2.65 bits per heavy atom. The van der Waals surface area contributed by atoms with Crippen LogP contribution in [0, 0.1) is 6.92 Å². The number of hydrogen-bond donors (Lipinski definition) is 2. The van der Waals surface area contributed by atoms with E-state index < -0.39 is 16.1 Å². The van der Waals surface area contributed by atoms with Crippen molar-refractivity contribution < 1.29 is 8.42 Å². The first kappa shape index (κ1) is 14.5. The van der Waals surface area contributed by atoms with Gasteiger partial charge in [-0.2, -0.15) is 0 Å². The van der Waals surface area contributed by atoms with Crippen LogP contribution < -0.4 is 10.5 Å². The van der Waals surface area contributed by atoms with E-state index in [-0.39, 0.29) is 10.6 Å². The first-order valence-electron chi connectivity index (χ1n) is 6.04. The number of sulfonamides is 1. The third kappa shape index (κ3) is 2.66. The molecule has 1 aromatic carbocycles. The second-order valence-electron chi connectivity index (χ2n) is 4.64. The van der Waals surface area contributed by atoms with E-state index in [0.717, 1.165) is 0 Å². The Morgan fingerprint density at radius 1 is 1.40 bits per heavy atom. The van der Waals surface area contributed by atoms with Crippen LogP contribution in [0.25, 0.3) is 0 Å². The predicted octanol–water partition coefficient (Wildman–Crippen LogP) is 0.745. The molecule has 0 saturated heterocycles. The van der Waals surface area contributed by atoms with Crippen molar-refractivity contribution in [2.45, 2.75) is 24.8 Å². The third-order valence-electron chi connectivity index (χ3n) is 2.98. The largest absolute Gasteiger partial charge is 0.398 e. The summed E-state index contributed by atoms with van der Waals surface area (Å²) < 4.78 is 29.1. The van der Waals surface area contributed by atoms with Gasteiger partial charge >= 0.3 is 0 Å². The zero-order chi connectivity index (χ0) is 14.9. The maximum atomic E-state index is 12.4. The predicted molar refractivity (Wildman–Crippen MR) is 75.3 cm³/mol. The number of aromatic nitrogens is 3. The maximum Gasteiger partial charge on any atom is 0.243 e. The lowest BCUT2D eigenvalue weighted by Gasteiger charge is -2.16. The highest BCUT2D eigenvalue weighted by Crippen LogP contribution is 2.23. The van der Waals surface area contributed by atoms with Gasteiger partial charge in [-0.15, -0.1) is 10.2 Å². The van der Waals surface area contributed by atoms with Gasteiger partial charge in [-0.1, -0.05) is 12.1 Å². The van der Waals surface area contributed by atoms with Crippen LogP contribution in [0.2, 0.25) is 0 Å². The number of rotatable bonds is 4. The summed E-state index contributed by atoms with van der Waals surface area (Å²) in [7, 11) is -1.97. The van der Waals surface area contributed by atoms with Gasteiger partial charge in [0.15, 0.2) is 0 Å². The highest BCUT2D eigenvalue weighted by Gasteiger charge is 2.24. The van der Waals surface area contributed by atoms with E-state index in [9.17, 15) is 8.42 Å². The van der Waals surface area contributed by atoms with E-state index in [0.29, 0.717) is 11.4 Å². The van der Waals surface area contributed by atoms with E-state index in [1.54, 1.807) is 43.7 Å². The van der Waals surface area contributed by atoms with Crippen LogP contribution in [0.15, 0.2) is 29.4 Å². The summed E-state index contributed by atoms with van der Waals surface area (Å²) in [6.45, 7) is 3.41. The molecule has 108 valence electrons. The molecule has 1 aromatic heterocycles. The minimum atomic E-state index is -3.72. The molecule has 0 spiro atoms. The fourth-order valence-electron chi connectivity index (χ4n) is 2.07. The Labute approximate surface area is 117 Å². The van der Waals surface area contributed by atoms with E-state index in [1.807, 2.05) is 0 Å². The molecule has 0 aliphatic carbocycles. The summed E-state index contributed by atoms with van der Waals surface area (Å²) in [5, 5.41) is 7.63. The third-order valence-corrected chi connectivity index (χ3v) is 4.74. The van der Waals surface area contributed by atoms with E-state index in [1.165, 1.54) is 6.33 Å². The molecule has 2 aromatic rings. The summed E-state index contributed by atoms with van der Waals surface area (Å²) >= 11 is 0. The van der Waals surface area contributed by atoms with Gasteiger partial charge in [0.1, 0.15) is 17.0 Å². The highest BCUT2D eigenvalue weighted by molar-refractivity contribution is 7.89. The van der Waals surface area contributed by atoms with Gasteiger partial charge in [0, 0.05) is 7.05 Å². The monoisotopic (exact) mass is 295 g/mol. The van der Waals surface area contributed by atoms with Crippen LogP contribution in [0.1, 0.15) is 24.4 Å². The number of aryl methyl sites for hydroxylation is 2. The fourth-order valence-corrected chi connectivity index (χ4v) is 3.63. The van der Waals surface area contributed by atoms with Crippen molar-refractivity contribution in [1.29, 1.82) is 0 Å². The van der Waals surface area contributed by atoms with Crippen molar-refractivity contribution in [3.8, 4) is 0 Å². The lowest BCUT2D eigenvalue weighted by molar-refractivity contribution is 0.553. The van der Waals surface area contributed by atoms with Crippen molar-refractivity contribution in [1.82, 2.24) is 19.5 Å². The Hall–Kier alpha value is -1.93. The van der Waals surface area contributed by atoms with Crippen molar-refractivity contribution in [2.75, 3.05) is 5.73 Å². The lowest BCUT2D eigenvalue weighted by Crippen LogP contribution is -2.29. The number of anilines is 1. The van der Waals surface area contributed by atoms with Crippen molar-refractivity contribution in [3.63, 3.8) is 0 Å². The molecular weight excluding hydrogens is 278 g/mol. The maximum absolute atomic E-state index is 12.4. The molecule has 0 aliphatic heterocycles. The van der Waals surface area contributed by atoms with Gasteiger partial charge in [-0.05, 0) is 25.5 Å². The zero-order valence-corrected chi connectivity index (χ0v) is 12.3. The Balaban J connectivity index is 2.35. The van der Waals surface area contributed by atoms with Gasteiger partial charge in [0.05, 0.1) is 11.7 Å². The first-order chi connectivity index (χ1) is 9.33. The number of nitrogen functional groups attached to an aromatic ring is 1. The molecule has 0 radical (unpaired) electrons. The molecule has 0 fully saturated rings. The molecule has 0 saturated carbocycles. The molecule has 7 nitrogen and oxygen atoms in total. The summed E-state index contributed by atoms with van der Waals surface area (Å²) in [6.07, 6.45) is 1.52. The molecule has 2 rings (SSSR count). The Morgan fingerprint density at radius 2 is 2.10 bits per heavy atom. The van der Waals surface area contributed by atoms with Gasteiger partial charge in [0.25, 0.3) is 0 Å². The molecule has 1 atom stereocenters. The molecule has 0 bridgehead atoms. The number of benzene rings is 1. The number of hydrogen-bond acceptors (Lipinski definition) is 5. The van der Waals surface area contributed by atoms with Gasteiger partial charge < -0.3 is 10.3 Å². The second kappa shape index (κ2) is 5.22. The van der Waals surface area contributed by atoms with E-state index in [2.05, 4.69) is 14.9 Å². The topological polar surface area (TPSA) is 103 Å². The fraction of sp³-hybridized carbons (Fsp3) is 0.333. The van der Waals surface area contributed by atoms with Crippen molar-refractivity contribution >= 4 is 15.7 Å². The zero-order valence-electron chi connectivity index (χ0n) is 11.5. The molecule has 1 heterocycles. The minimum absolute atomic E-state index is 0.106. The average molecular weight is 295 g/mol. The van der Waals surface area contributed by atoms with Crippen LogP contribution in [0.3, 0.4) is 0 Å². The van der Waals surface area contributed by atoms with Gasteiger partial charge in [-0.25, -0.2) is 13.1 Å². The summed E-state index contributed by atoms with van der Waals surface area (Å²) in [6, 6.07) is 4.48. The quantitative estimate of drug-likeness (QED) is 0.810.